The van der Waals surface area contributed by atoms with Crippen LogP contribution in [0.5, 0.6) is 17.2 Å². The second-order valence-corrected chi connectivity index (χ2v) is 11.5. The van der Waals surface area contributed by atoms with E-state index in [1.807, 2.05) is 114 Å². The molecule has 7 aromatic rings. The molecule has 1 aliphatic rings. The van der Waals surface area contributed by atoms with Gasteiger partial charge >= 0.3 is 6.18 Å². The number of aromatic nitrogens is 1. The Hall–Kier alpha value is -5.69. The molecular weight excluding hydrogens is 599 g/mol. The molecule has 0 N–H and O–H groups in total. The lowest BCUT2D eigenvalue weighted by molar-refractivity contribution is -0.137. The summed E-state index contributed by atoms with van der Waals surface area (Å²) in [6, 6.07) is 36.9. The number of alkyl halides is 3. The number of benzene rings is 6. The summed E-state index contributed by atoms with van der Waals surface area (Å²) < 4.78 is 62.0. The van der Waals surface area contributed by atoms with Crippen LogP contribution in [0.15, 0.2) is 127 Å². The summed E-state index contributed by atoms with van der Waals surface area (Å²) in [5, 5.41) is 3.73. The third kappa shape index (κ3) is 4.45. The van der Waals surface area contributed by atoms with Gasteiger partial charge in [0.25, 0.3) is 0 Å². The van der Waals surface area contributed by atoms with Crippen molar-refractivity contribution >= 4 is 38.7 Å². The van der Waals surface area contributed by atoms with Gasteiger partial charge in [-0.25, -0.2) is 0 Å². The fourth-order valence-corrected chi connectivity index (χ4v) is 6.82. The SMILES string of the molecule is COc1ccc(C2(c3ccc(OC)cc3)C=Cc3c(c4ccccc4c4c5ccccc5n(-c5cccc(C(F)(F)F)c5)c34)O2)cc1. The lowest BCUT2D eigenvalue weighted by atomic mass is 9.82. The van der Waals surface area contributed by atoms with E-state index in [1.165, 1.54) is 12.1 Å². The molecule has 1 aliphatic heterocycles. The summed E-state index contributed by atoms with van der Waals surface area (Å²) in [5.74, 6) is 2.08. The maximum absolute atomic E-state index is 14.0. The molecule has 0 spiro atoms. The van der Waals surface area contributed by atoms with E-state index in [0.29, 0.717) is 11.4 Å². The van der Waals surface area contributed by atoms with Crippen LogP contribution in [0, 0.1) is 0 Å². The monoisotopic (exact) mass is 627 g/mol. The second kappa shape index (κ2) is 10.7. The molecule has 0 atom stereocenters. The molecule has 0 bridgehead atoms. The number of methoxy groups -OCH3 is 2. The van der Waals surface area contributed by atoms with Crippen LogP contribution in [0.2, 0.25) is 0 Å². The molecule has 0 saturated carbocycles. The van der Waals surface area contributed by atoms with Crippen LogP contribution in [0.3, 0.4) is 0 Å². The highest BCUT2D eigenvalue weighted by atomic mass is 19.4. The molecule has 4 nitrogen and oxygen atoms in total. The highest BCUT2D eigenvalue weighted by Gasteiger charge is 2.39. The Bertz CT molecular complexity index is 2290. The highest BCUT2D eigenvalue weighted by Crippen LogP contribution is 2.51. The van der Waals surface area contributed by atoms with Crippen molar-refractivity contribution in [1.82, 2.24) is 4.57 Å². The number of ether oxygens (including phenoxy) is 3. The fraction of sp³-hybridized carbons (Fsp3) is 0.100. The van der Waals surface area contributed by atoms with Crippen LogP contribution >= 0.6 is 0 Å². The Kier molecular flexibility index (Phi) is 6.55. The van der Waals surface area contributed by atoms with E-state index >= 15 is 0 Å². The van der Waals surface area contributed by atoms with Crippen LogP contribution in [0.25, 0.3) is 44.3 Å². The first-order chi connectivity index (χ1) is 22.8. The Morgan fingerprint density at radius 2 is 1.26 bits per heavy atom. The van der Waals surface area contributed by atoms with Gasteiger partial charge in [0.2, 0.25) is 0 Å². The van der Waals surface area contributed by atoms with Gasteiger partial charge in [-0.3, -0.25) is 0 Å². The van der Waals surface area contributed by atoms with Crippen molar-refractivity contribution in [2.24, 2.45) is 0 Å². The van der Waals surface area contributed by atoms with Crippen molar-refractivity contribution in [3.8, 4) is 22.9 Å². The smallest absolute Gasteiger partial charge is 0.416 e. The molecule has 0 aliphatic carbocycles. The fourth-order valence-electron chi connectivity index (χ4n) is 6.82. The van der Waals surface area contributed by atoms with Gasteiger partial charge in [-0.1, -0.05) is 72.8 Å². The summed E-state index contributed by atoms with van der Waals surface area (Å²) in [4.78, 5) is 0. The van der Waals surface area contributed by atoms with Crippen LogP contribution in [-0.4, -0.2) is 18.8 Å². The first-order valence-corrected chi connectivity index (χ1v) is 15.2. The molecule has 0 amide bonds. The van der Waals surface area contributed by atoms with Gasteiger partial charge in [0.15, 0.2) is 5.60 Å². The molecule has 0 saturated heterocycles. The zero-order valence-corrected chi connectivity index (χ0v) is 25.5. The molecule has 0 radical (unpaired) electrons. The molecule has 0 fully saturated rings. The van der Waals surface area contributed by atoms with Gasteiger partial charge in [0.1, 0.15) is 17.2 Å². The minimum absolute atomic E-state index is 0.416. The van der Waals surface area contributed by atoms with Crippen LogP contribution in [0.4, 0.5) is 13.2 Å². The van der Waals surface area contributed by atoms with Crippen molar-refractivity contribution in [2.45, 2.75) is 11.8 Å². The van der Waals surface area contributed by atoms with E-state index < -0.39 is 17.3 Å². The van der Waals surface area contributed by atoms with Gasteiger partial charge in [-0.2, -0.15) is 13.2 Å². The zero-order valence-electron chi connectivity index (χ0n) is 25.5. The van der Waals surface area contributed by atoms with E-state index in [2.05, 4.69) is 0 Å². The van der Waals surface area contributed by atoms with Crippen LogP contribution in [0.1, 0.15) is 22.3 Å². The predicted molar refractivity (Wildman–Crippen MR) is 180 cm³/mol. The first kappa shape index (κ1) is 28.8. The standard InChI is InChI=1S/C40H28F3NO3/c1-45-29-18-14-25(15-19-29)39(26-16-20-30(46-2)21-17-26)23-22-34-37-36(31-10-3-4-11-32(31)38(34)47-39)33-12-5-6-13-35(33)44(37)28-9-7-8-27(24-28)40(41,42)43/h3-24H,1-2H3. The average molecular weight is 628 g/mol. The Balaban J connectivity index is 1.47. The number of halogens is 3. The molecule has 232 valence electrons. The number of hydrogen-bond acceptors (Lipinski definition) is 3. The van der Waals surface area contributed by atoms with E-state index in [9.17, 15) is 13.2 Å². The third-order valence-corrected chi connectivity index (χ3v) is 9.03. The van der Waals surface area contributed by atoms with E-state index in [4.69, 9.17) is 14.2 Å². The summed E-state index contributed by atoms with van der Waals surface area (Å²) >= 11 is 0. The maximum Gasteiger partial charge on any atom is 0.416 e. The summed E-state index contributed by atoms with van der Waals surface area (Å²) in [6.45, 7) is 0. The summed E-state index contributed by atoms with van der Waals surface area (Å²) in [5.41, 5.74) is 2.80. The number of fused-ring (bicyclic) bond motifs is 8. The minimum atomic E-state index is -4.49. The zero-order chi connectivity index (χ0) is 32.3. The van der Waals surface area contributed by atoms with Gasteiger partial charge in [0, 0.05) is 38.5 Å². The number of nitrogens with zero attached hydrogens (tertiary/aromatic N) is 1. The van der Waals surface area contributed by atoms with Crippen molar-refractivity contribution in [2.75, 3.05) is 14.2 Å². The van der Waals surface area contributed by atoms with Gasteiger partial charge < -0.3 is 18.8 Å². The lowest BCUT2D eigenvalue weighted by Gasteiger charge is -2.37. The molecule has 1 aromatic heterocycles. The molecule has 6 aromatic carbocycles. The van der Waals surface area contributed by atoms with Gasteiger partial charge in [-0.05, 0) is 66.1 Å². The highest BCUT2D eigenvalue weighted by molar-refractivity contribution is 6.25. The Labute approximate surface area is 268 Å². The molecule has 7 heteroatoms. The molecule has 2 heterocycles. The maximum atomic E-state index is 14.0. The second-order valence-electron chi connectivity index (χ2n) is 11.5. The largest absolute Gasteiger partial charge is 0.497 e. The van der Waals surface area contributed by atoms with E-state index in [1.54, 1.807) is 20.3 Å². The quantitative estimate of drug-likeness (QED) is 0.190. The molecule has 8 rings (SSSR count). The Morgan fingerprint density at radius 1 is 0.660 bits per heavy atom. The summed E-state index contributed by atoms with van der Waals surface area (Å²) in [7, 11) is 3.25. The Morgan fingerprint density at radius 3 is 1.87 bits per heavy atom. The van der Waals surface area contributed by atoms with Crippen LogP contribution in [-0.2, 0) is 11.8 Å². The van der Waals surface area contributed by atoms with Crippen molar-refractivity contribution in [3.63, 3.8) is 0 Å². The number of para-hydroxylation sites is 1. The van der Waals surface area contributed by atoms with Crippen molar-refractivity contribution in [3.05, 3.63) is 150 Å². The topological polar surface area (TPSA) is 32.6 Å². The number of hydrogen-bond donors (Lipinski definition) is 0. The van der Waals surface area contributed by atoms with E-state index in [-0.39, 0.29) is 0 Å². The van der Waals surface area contributed by atoms with Crippen molar-refractivity contribution in [1.29, 1.82) is 0 Å². The average Bonchev–Trinajstić information content (AvgIpc) is 3.47. The molecular formula is C40H28F3NO3. The van der Waals surface area contributed by atoms with Crippen molar-refractivity contribution < 1.29 is 27.4 Å². The minimum Gasteiger partial charge on any atom is -0.497 e. The van der Waals surface area contributed by atoms with E-state index in [0.717, 1.165) is 66.8 Å². The lowest BCUT2D eigenvalue weighted by Crippen LogP contribution is -2.34. The van der Waals surface area contributed by atoms with Gasteiger partial charge in [0.05, 0.1) is 30.8 Å². The molecule has 0 unspecified atom stereocenters. The van der Waals surface area contributed by atoms with Crippen LogP contribution < -0.4 is 14.2 Å². The first-order valence-electron chi connectivity index (χ1n) is 15.2. The third-order valence-electron chi connectivity index (χ3n) is 9.03. The number of rotatable bonds is 5. The summed E-state index contributed by atoms with van der Waals surface area (Å²) in [6.07, 6.45) is -0.410. The normalized spacial score (nSPS) is 13.9. The predicted octanol–water partition coefficient (Wildman–Crippen LogP) is 10.3. The van der Waals surface area contributed by atoms with Gasteiger partial charge in [-0.15, -0.1) is 0 Å². The molecule has 47 heavy (non-hydrogen) atoms.